The van der Waals surface area contributed by atoms with E-state index in [0.717, 1.165) is 37.6 Å². The highest BCUT2D eigenvalue weighted by Crippen LogP contribution is 2.26. The van der Waals surface area contributed by atoms with Crippen molar-refractivity contribution in [1.29, 1.82) is 0 Å². The Morgan fingerprint density at radius 3 is 2.58 bits per heavy atom. The molecule has 1 aromatic carbocycles. The fraction of sp³-hybridized carbons (Fsp3) is 0.650. The summed E-state index contributed by atoms with van der Waals surface area (Å²) in [6.45, 7) is 6.39. The van der Waals surface area contributed by atoms with Gasteiger partial charge in [-0.05, 0) is 45.1 Å². The van der Waals surface area contributed by atoms with Gasteiger partial charge in [0.25, 0.3) is 0 Å². The lowest BCUT2D eigenvalue weighted by molar-refractivity contribution is 0.252. The van der Waals surface area contributed by atoms with Gasteiger partial charge in [-0.15, -0.1) is 11.8 Å². The Morgan fingerprint density at radius 1 is 1.19 bits per heavy atom. The van der Waals surface area contributed by atoms with Crippen LogP contribution in [0.2, 0.25) is 0 Å². The molecule has 0 amide bonds. The first kappa shape index (κ1) is 19.5. The van der Waals surface area contributed by atoms with Gasteiger partial charge in [0.15, 0.2) is 5.96 Å². The number of nitrogens with one attached hydrogen (secondary N) is 2. The minimum Gasteiger partial charge on any atom is -0.340 e. The number of piperazine rings is 1. The molecule has 144 valence electrons. The molecule has 3 rings (SSSR count). The third-order valence-corrected chi connectivity index (χ3v) is 6.08. The highest BCUT2D eigenvalue weighted by molar-refractivity contribution is 7.98. The molecular weight excluding hydrogens is 342 g/mol. The number of hydrogen-bond acceptors (Lipinski definition) is 4. The van der Waals surface area contributed by atoms with Gasteiger partial charge >= 0.3 is 0 Å². The fourth-order valence-corrected chi connectivity index (χ4v) is 4.57. The van der Waals surface area contributed by atoms with Gasteiger partial charge in [-0.2, -0.15) is 0 Å². The molecule has 1 aromatic rings. The molecule has 0 bridgehead atoms. The van der Waals surface area contributed by atoms with E-state index in [1.54, 1.807) is 11.8 Å². The molecule has 6 heteroatoms. The predicted octanol–water partition coefficient (Wildman–Crippen LogP) is 3.13. The van der Waals surface area contributed by atoms with Crippen LogP contribution in [0, 0.1) is 0 Å². The molecule has 0 aromatic heterocycles. The number of anilines is 1. The van der Waals surface area contributed by atoms with Crippen molar-refractivity contribution in [2.75, 3.05) is 24.7 Å². The van der Waals surface area contributed by atoms with Crippen LogP contribution in [0.4, 0.5) is 5.69 Å². The summed E-state index contributed by atoms with van der Waals surface area (Å²) in [5.74, 6) is 0.981. The molecule has 1 aliphatic heterocycles. The van der Waals surface area contributed by atoms with E-state index in [1.165, 1.54) is 17.7 Å². The van der Waals surface area contributed by atoms with Crippen LogP contribution in [-0.2, 0) is 0 Å². The summed E-state index contributed by atoms with van der Waals surface area (Å²) in [4.78, 5) is 8.78. The van der Waals surface area contributed by atoms with Crippen molar-refractivity contribution in [1.82, 2.24) is 10.2 Å². The maximum Gasteiger partial charge on any atom is 0.198 e. The van der Waals surface area contributed by atoms with Crippen LogP contribution in [0.5, 0.6) is 0 Å². The molecule has 2 aliphatic rings. The van der Waals surface area contributed by atoms with E-state index in [4.69, 9.17) is 10.7 Å². The first-order valence-corrected chi connectivity index (χ1v) is 11.0. The summed E-state index contributed by atoms with van der Waals surface area (Å²) in [5, 5.41) is 7.26. The molecule has 1 saturated heterocycles. The number of benzene rings is 1. The summed E-state index contributed by atoms with van der Waals surface area (Å²) >= 11 is 1.76. The SMILES string of the molecule is CSc1ccccc1NC(=N[C@H]1CCCC[C@@H]1N)N1CC(C)NC(C)C1. The molecular formula is C20H33N5S. The van der Waals surface area contributed by atoms with Gasteiger partial charge in [0, 0.05) is 36.1 Å². The number of aliphatic imine (C=N–C) groups is 1. The zero-order valence-electron chi connectivity index (χ0n) is 16.2. The smallest absolute Gasteiger partial charge is 0.198 e. The lowest BCUT2D eigenvalue weighted by Gasteiger charge is -2.39. The Labute approximate surface area is 162 Å². The number of thioether (sulfide) groups is 1. The largest absolute Gasteiger partial charge is 0.340 e. The third-order valence-electron chi connectivity index (χ3n) is 5.28. The maximum atomic E-state index is 6.39. The Hall–Kier alpha value is -1.24. The highest BCUT2D eigenvalue weighted by Gasteiger charge is 2.27. The van der Waals surface area contributed by atoms with E-state index in [0.29, 0.717) is 12.1 Å². The highest BCUT2D eigenvalue weighted by atomic mass is 32.2. The summed E-state index contributed by atoms with van der Waals surface area (Å²) in [6.07, 6.45) is 6.74. The van der Waals surface area contributed by atoms with Crippen LogP contribution in [0.1, 0.15) is 39.5 Å². The quantitative estimate of drug-likeness (QED) is 0.430. The Balaban J connectivity index is 1.87. The van der Waals surface area contributed by atoms with Crippen molar-refractivity contribution in [3.63, 3.8) is 0 Å². The van der Waals surface area contributed by atoms with Crippen molar-refractivity contribution in [2.24, 2.45) is 10.7 Å². The van der Waals surface area contributed by atoms with Gasteiger partial charge in [0.2, 0.25) is 0 Å². The van der Waals surface area contributed by atoms with Gasteiger partial charge in [-0.25, -0.2) is 4.99 Å². The molecule has 2 fully saturated rings. The molecule has 26 heavy (non-hydrogen) atoms. The lowest BCUT2D eigenvalue weighted by atomic mass is 9.91. The number of nitrogens with zero attached hydrogens (tertiary/aromatic N) is 2. The average Bonchev–Trinajstić information content (AvgIpc) is 2.62. The number of nitrogens with two attached hydrogens (primary N) is 1. The summed E-state index contributed by atoms with van der Waals surface area (Å²) in [7, 11) is 0. The van der Waals surface area contributed by atoms with E-state index in [1.807, 2.05) is 0 Å². The van der Waals surface area contributed by atoms with E-state index in [9.17, 15) is 0 Å². The molecule has 2 unspecified atom stereocenters. The zero-order chi connectivity index (χ0) is 18.5. The van der Waals surface area contributed by atoms with Crippen LogP contribution in [-0.4, -0.2) is 54.4 Å². The van der Waals surface area contributed by atoms with Crippen LogP contribution >= 0.6 is 11.8 Å². The average molecular weight is 376 g/mol. The maximum absolute atomic E-state index is 6.39. The zero-order valence-corrected chi connectivity index (χ0v) is 17.1. The molecule has 0 radical (unpaired) electrons. The van der Waals surface area contributed by atoms with E-state index in [2.05, 4.69) is 59.9 Å². The summed E-state index contributed by atoms with van der Waals surface area (Å²) in [5.41, 5.74) is 7.52. The molecule has 1 aliphatic carbocycles. The van der Waals surface area contributed by atoms with Gasteiger partial charge in [0.1, 0.15) is 0 Å². The first-order chi connectivity index (χ1) is 12.6. The van der Waals surface area contributed by atoms with Crippen molar-refractivity contribution in [3.05, 3.63) is 24.3 Å². The van der Waals surface area contributed by atoms with Gasteiger partial charge < -0.3 is 21.3 Å². The molecule has 4 atom stereocenters. The van der Waals surface area contributed by atoms with Crippen molar-refractivity contribution in [3.8, 4) is 0 Å². The summed E-state index contributed by atoms with van der Waals surface area (Å²) in [6, 6.07) is 9.73. The Bertz CT molecular complexity index is 610. The van der Waals surface area contributed by atoms with Gasteiger partial charge in [0.05, 0.1) is 11.7 Å². The monoisotopic (exact) mass is 375 g/mol. The van der Waals surface area contributed by atoms with E-state index in [-0.39, 0.29) is 12.1 Å². The van der Waals surface area contributed by atoms with Crippen LogP contribution < -0.4 is 16.4 Å². The second kappa shape index (κ2) is 9.11. The van der Waals surface area contributed by atoms with Crippen LogP contribution in [0.15, 0.2) is 34.2 Å². The molecule has 4 N–H and O–H groups in total. The van der Waals surface area contributed by atoms with Gasteiger partial charge in [-0.1, -0.05) is 25.0 Å². The standard InChI is InChI=1S/C20H33N5S/c1-14-12-25(13-15(2)22-14)20(23-17-9-5-4-8-16(17)21)24-18-10-6-7-11-19(18)26-3/h6-7,10-11,14-17,22H,4-5,8-9,12-13,21H2,1-3H3,(H,23,24)/t14?,15?,16-,17-/m0/s1. The fourth-order valence-electron chi connectivity index (χ4n) is 4.02. The van der Waals surface area contributed by atoms with Crippen molar-refractivity contribution < 1.29 is 0 Å². The second-order valence-electron chi connectivity index (χ2n) is 7.67. The normalized spacial score (nSPS) is 30.3. The number of hydrogen-bond donors (Lipinski definition) is 3. The lowest BCUT2D eigenvalue weighted by Crippen LogP contribution is -2.57. The summed E-state index contributed by atoms with van der Waals surface area (Å²) < 4.78 is 0. The number of rotatable bonds is 3. The molecule has 1 saturated carbocycles. The molecule has 1 heterocycles. The molecule has 0 spiro atoms. The van der Waals surface area contributed by atoms with E-state index >= 15 is 0 Å². The van der Waals surface area contributed by atoms with Gasteiger partial charge in [-0.3, -0.25) is 0 Å². The number of para-hydroxylation sites is 1. The molecule has 5 nitrogen and oxygen atoms in total. The second-order valence-corrected chi connectivity index (χ2v) is 8.52. The van der Waals surface area contributed by atoms with Crippen molar-refractivity contribution in [2.45, 2.75) is 68.6 Å². The van der Waals surface area contributed by atoms with E-state index < -0.39 is 0 Å². The Kier molecular flexibility index (Phi) is 6.84. The van der Waals surface area contributed by atoms with Crippen molar-refractivity contribution >= 4 is 23.4 Å². The predicted molar refractivity (Wildman–Crippen MR) is 113 cm³/mol. The topological polar surface area (TPSA) is 65.7 Å². The van der Waals surface area contributed by atoms with Crippen LogP contribution in [0.25, 0.3) is 0 Å². The Morgan fingerprint density at radius 2 is 1.88 bits per heavy atom. The minimum absolute atomic E-state index is 0.175. The minimum atomic E-state index is 0.175. The number of guanidine groups is 1. The van der Waals surface area contributed by atoms with Crippen LogP contribution in [0.3, 0.4) is 0 Å². The first-order valence-electron chi connectivity index (χ1n) is 9.81. The third kappa shape index (κ3) is 4.93.